The summed E-state index contributed by atoms with van der Waals surface area (Å²) in [5.74, 6) is 0.585. The van der Waals surface area contributed by atoms with Crippen LogP contribution in [0.5, 0.6) is 6.01 Å². The molecule has 3 aromatic rings. The fourth-order valence-corrected chi connectivity index (χ4v) is 4.84. The lowest BCUT2D eigenvalue weighted by Gasteiger charge is -2.32. The number of aliphatic hydroxyl groups is 1. The quantitative estimate of drug-likeness (QED) is 0.429. The first kappa shape index (κ1) is 24.4. The fourth-order valence-electron chi connectivity index (χ4n) is 4.84. The molecule has 2 aliphatic rings. The van der Waals surface area contributed by atoms with E-state index in [9.17, 15) is 9.90 Å². The molecule has 11 nitrogen and oxygen atoms in total. The molecule has 3 atom stereocenters. The molecule has 0 aliphatic carbocycles. The number of ether oxygens (including phenoxy) is 2. The molecular formula is C25H33N7O4. The van der Waals surface area contributed by atoms with E-state index in [2.05, 4.69) is 41.4 Å². The van der Waals surface area contributed by atoms with E-state index in [-0.39, 0.29) is 42.5 Å². The van der Waals surface area contributed by atoms with Crippen molar-refractivity contribution < 1.29 is 19.4 Å². The summed E-state index contributed by atoms with van der Waals surface area (Å²) in [4.78, 5) is 28.3. The van der Waals surface area contributed by atoms with Crippen molar-refractivity contribution in [3.05, 3.63) is 35.8 Å². The Morgan fingerprint density at radius 3 is 2.89 bits per heavy atom. The Balaban J connectivity index is 1.31. The number of piperidine rings is 1. The zero-order valence-corrected chi connectivity index (χ0v) is 20.7. The summed E-state index contributed by atoms with van der Waals surface area (Å²) in [6.07, 6.45) is 5.68. The fraction of sp³-hybridized carbons (Fsp3) is 0.560. The molecular weight excluding hydrogens is 462 g/mol. The van der Waals surface area contributed by atoms with Gasteiger partial charge in [0.15, 0.2) is 5.65 Å². The molecule has 5 rings (SSSR count). The average molecular weight is 496 g/mol. The van der Waals surface area contributed by atoms with Gasteiger partial charge >= 0.3 is 6.01 Å². The summed E-state index contributed by atoms with van der Waals surface area (Å²) in [6.45, 7) is 5.47. The Bertz CT molecular complexity index is 1190. The predicted molar refractivity (Wildman–Crippen MR) is 133 cm³/mol. The zero-order valence-electron chi connectivity index (χ0n) is 20.7. The normalized spacial score (nSPS) is 21.6. The van der Waals surface area contributed by atoms with Gasteiger partial charge in [-0.1, -0.05) is 0 Å². The first-order valence-corrected chi connectivity index (χ1v) is 12.6. The Labute approximate surface area is 209 Å². The van der Waals surface area contributed by atoms with Crippen LogP contribution in [-0.2, 0) is 4.74 Å². The molecule has 2 fully saturated rings. The molecule has 3 N–H and O–H groups in total. The van der Waals surface area contributed by atoms with Crippen LogP contribution in [0.2, 0.25) is 0 Å². The third-order valence-electron chi connectivity index (χ3n) is 6.87. The summed E-state index contributed by atoms with van der Waals surface area (Å²) in [6, 6.07) is 5.44. The third kappa shape index (κ3) is 5.41. The van der Waals surface area contributed by atoms with Gasteiger partial charge in [0.25, 0.3) is 5.91 Å². The Kier molecular flexibility index (Phi) is 7.28. The Morgan fingerprint density at radius 1 is 1.31 bits per heavy atom. The van der Waals surface area contributed by atoms with Gasteiger partial charge in [0, 0.05) is 42.7 Å². The van der Waals surface area contributed by atoms with Crippen LogP contribution in [0, 0.1) is 0 Å². The van der Waals surface area contributed by atoms with Crippen LogP contribution in [0.15, 0.2) is 24.4 Å². The van der Waals surface area contributed by atoms with E-state index in [0.717, 1.165) is 55.5 Å². The van der Waals surface area contributed by atoms with Gasteiger partial charge in [-0.25, -0.2) is 4.98 Å². The smallest absolute Gasteiger partial charge is 0.319 e. The Morgan fingerprint density at radius 2 is 2.14 bits per heavy atom. The number of fused-ring (bicyclic) bond motifs is 1. The number of nitrogens with one attached hydrogen (secondary N) is 2. The molecule has 0 radical (unpaired) electrons. The summed E-state index contributed by atoms with van der Waals surface area (Å²) in [5, 5.41) is 20.7. The highest BCUT2D eigenvalue weighted by molar-refractivity contribution is 5.93. The van der Waals surface area contributed by atoms with Crippen LogP contribution >= 0.6 is 0 Å². The molecule has 2 aliphatic heterocycles. The number of carbonyl (C=O) groups is 1. The maximum absolute atomic E-state index is 12.8. The van der Waals surface area contributed by atoms with Gasteiger partial charge < -0.3 is 24.8 Å². The minimum absolute atomic E-state index is 0.00662. The van der Waals surface area contributed by atoms with Crippen LogP contribution in [0.3, 0.4) is 0 Å². The Hall–Kier alpha value is -3.31. The van der Waals surface area contributed by atoms with E-state index in [1.165, 1.54) is 0 Å². The number of hydrogen-bond donors (Lipinski definition) is 3. The summed E-state index contributed by atoms with van der Waals surface area (Å²) < 4.78 is 11.7. The maximum atomic E-state index is 12.8. The van der Waals surface area contributed by atoms with E-state index >= 15 is 0 Å². The summed E-state index contributed by atoms with van der Waals surface area (Å²) in [7, 11) is 0. The van der Waals surface area contributed by atoms with Crippen molar-refractivity contribution >= 4 is 22.8 Å². The lowest BCUT2D eigenvalue weighted by atomic mass is 9.92. The molecule has 0 bridgehead atoms. The van der Waals surface area contributed by atoms with Crippen molar-refractivity contribution in [3.63, 3.8) is 0 Å². The molecule has 0 aromatic carbocycles. The van der Waals surface area contributed by atoms with Gasteiger partial charge in [0.2, 0.25) is 0 Å². The number of amides is 1. The number of hydrogen-bond acceptors (Lipinski definition) is 9. The van der Waals surface area contributed by atoms with Gasteiger partial charge in [-0.15, -0.1) is 0 Å². The number of rotatable bonds is 8. The summed E-state index contributed by atoms with van der Waals surface area (Å²) in [5.41, 5.74) is 2.07. The molecule has 5 heterocycles. The third-order valence-corrected chi connectivity index (χ3v) is 6.87. The highest BCUT2D eigenvalue weighted by Crippen LogP contribution is 2.32. The van der Waals surface area contributed by atoms with Crippen LogP contribution in [0.25, 0.3) is 11.0 Å². The second-order valence-corrected chi connectivity index (χ2v) is 9.68. The SMILES string of the molecule is C[C@H](CO)NC(=O)c1cc(N2CCC(c3n[nH]c4ncccc34)CC2)nc(OC[C@H]2CC[C@@H](C)O2)n1. The van der Waals surface area contributed by atoms with Crippen LogP contribution in [0.4, 0.5) is 5.82 Å². The van der Waals surface area contributed by atoms with Crippen LogP contribution < -0.4 is 15.0 Å². The highest BCUT2D eigenvalue weighted by Gasteiger charge is 2.27. The molecule has 11 heteroatoms. The van der Waals surface area contributed by atoms with E-state index in [4.69, 9.17) is 9.47 Å². The molecule has 3 aromatic heterocycles. The number of carbonyl (C=O) groups excluding carboxylic acids is 1. The molecule has 0 spiro atoms. The minimum atomic E-state index is -0.387. The van der Waals surface area contributed by atoms with Crippen LogP contribution in [0.1, 0.15) is 61.6 Å². The summed E-state index contributed by atoms with van der Waals surface area (Å²) >= 11 is 0. The monoisotopic (exact) mass is 495 g/mol. The van der Waals surface area contributed by atoms with Crippen molar-refractivity contribution in [2.24, 2.45) is 0 Å². The molecule has 192 valence electrons. The number of nitrogens with zero attached hydrogens (tertiary/aromatic N) is 5. The molecule has 36 heavy (non-hydrogen) atoms. The number of aliphatic hydroxyl groups excluding tert-OH is 1. The first-order valence-electron chi connectivity index (χ1n) is 12.6. The maximum Gasteiger partial charge on any atom is 0.319 e. The number of pyridine rings is 1. The zero-order chi connectivity index (χ0) is 25.1. The van der Waals surface area contributed by atoms with Gasteiger partial charge in [0.1, 0.15) is 18.1 Å². The van der Waals surface area contributed by atoms with E-state index in [1.54, 1.807) is 19.2 Å². The average Bonchev–Trinajstić information content (AvgIpc) is 3.53. The lowest BCUT2D eigenvalue weighted by Crippen LogP contribution is -2.37. The number of H-pyrrole nitrogens is 1. The first-order chi connectivity index (χ1) is 17.5. The van der Waals surface area contributed by atoms with Crippen molar-refractivity contribution in [1.29, 1.82) is 0 Å². The number of anilines is 1. The van der Waals surface area contributed by atoms with E-state index in [1.807, 2.05) is 13.0 Å². The molecule has 2 saturated heterocycles. The highest BCUT2D eigenvalue weighted by atomic mass is 16.5. The van der Waals surface area contributed by atoms with Gasteiger partial charge in [-0.05, 0) is 51.7 Å². The van der Waals surface area contributed by atoms with E-state index in [0.29, 0.717) is 18.3 Å². The van der Waals surface area contributed by atoms with Crippen molar-refractivity contribution in [3.8, 4) is 6.01 Å². The standard InChI is InChI=1S/C25H33N7O4/c1-15(13-33)27-24(34)20-12-21(29-25(28-20)35-14-18-6-5-16(2)36-18)32-10-7-17(8-11-32)22-19-4-3-9-26-23(19)31-30-22/h3-4,9,12,15-18,33H,5-8,10-11,13-14H2,1-2H3,(H,27,34)(H,26,30,31)/t15-,16-,18-/m1/s1. The topological polar surface area (TPSA) is 138 Å². The van der Waals surface area contributed by atoms with Crippen molar-refractivity contribution in [2.75, 3.05) is 31.2 Å². The van der Waals surface area contributed by atoms with Crippen molar-refractivity contribution in [1.82, 2.24) is 30.5 Å². The number of aromatic nitrogens is 5. The largest absolute Gasteiger partial charge is 0.461 e. The van der Waals surface area contributed by atoms with Gasteiger partial charge in [-0.2, -0.15) is 15.1 Å². The minimum Gasteiger partial charge on any atom is -0.461 e. The molecule has 1 amide bonds. The lowest BCUT2D eigenvalue weighted by molar-refractivity contribution is 0.0242. The van der Waals surface area contributed by atoms with Gasteiger partial charge in [0.05, 0.1) is 24.5 Å². The number of aromatic amines is 1. The van der Waals surface area contributed by atoms with E-state index < -0.39 is 0 Å². The molecule has 0 saturated carbocycles. The molecule has 0 unspecified atom stereocenters. The van der Waals surface area contributed by atoms with Crippen LogP contribution in [-0.4, -0.2) is 80.7 Å². The second-order valence-electron chi connectivity index (χ2n) is 9.68. The van der Waals surface area contributed by atoms with Gasteiger partial charge in [-0.3, -0.25) is 9.89 Å². The second kappa shape index (κ2) is 10.8. The van der Waals surface area contributed by atoms with Crippen molar-refractivity contribution in [2.45, 2.75) is 63.7 Å². The predicted octanol–water partition coefficient (Wildman–Crippen LogP) is 2.19.